The molecule has 2 nitrogen and oxygen atoms in total. The predicted molar refractivity (Wildman–Crippen MR) is 77.3 cm³/mol. The van der Waals surface area contributed by atoms with Gasteiger partial charge in [-0.1, -0.05) is 51.0 Å². The number of nitrogens with one attached hydrogen (secondary N) is 1. The fraction of sp³-hybridized carbons (Fsp3) is 0.625. The van der Waals surface area contributed by atoms with Crippen LogP contribution in [-0.2, 0) is 6.42 Å². The van der Waals surface area contributed by atoms with E-state index in [4.69, 9.17) is 5.84 Å². The molecule has 100 valence electrons. The van der Waals surface area contributed by atoms with Gasteiger partial charge in [-0.25, -0.2) is 0 Å². The van der Waals surface area contributed by atoms with Gasteiger partial charge in [0.1, 0.15) is 0 Å². The molecule has 1 aromatic rings. The molecule has 1 unspecified atom stereocenters. The Morgan fingerprint density at radius 2 is 1.78 bits per heavy atom. The molecule has 0 amide bonds. The summed E-state index contributed by atoms with van der Waals surface area (Å²) in [7, 11) is 0. The van der Waals surface area contributed by atoms with Crippen molar-refractivity contribution in [2.45, 2.75) is 57.9 Å². The van der Waals surface area contributed by atoms with E-state index in [1.165, 1.54) is 36.8 Å². The zero-order valence-corrected chi connectivity index (χ0v) is 11.7. The van der Waals surface area contributed by atoms with Gasteiger partial charge in [0, 0.05) is 6.04 Å². The molecule has 0 bridgehead atoms. The van der Waals surface area contributed by atoms with E-state index in [-0.39, 0.29) is 0 Å². The van der Waals surface area contributed by atoms with Crippen molar-refractivity contribution in [3.8, 4) is 0 Å². The second-order valence-electron chi connectivity index (χ2n) is 5.92. The number of nitrogens with two attached hydrogens (primary N) is 1. The van der Waals surface area contributed by atoms with Crippen LogP contribution in [0.1, 0.15) is 56.6 Å². The second-order valence-corrected chi connectivity index (χ2v) is 5.92. The first-order valence-electron chi connectivity index (χ1n) is 7.25. The van der Waals surface area contributed by atoms with Crippen LogP contribution in [0.2, 0.25) is 0 Å². The topological polar surface area (TPSA) is 38.0 Å². The van der Waals surface area contributed by atoms with Crippen molar-refractivity contribution in [2.24, 2.45) is 11.8 Å². The maximum Gasteiger partial charge on any atom is 0.0279 e. The Bertz CT molecular complexity index is 350. The first-order chi connectivity index (χ1) is 8.70. The van der Waals surface area contributed by atoms with Gasteiger partial charge < -0.3 is 0 Å². The smallest absolute Gasteiger partial charge is 0.0279 e. The van der Waals surface area contributed by atoms with Crippen molar-refractivity contribution in [1.29, 1.82) is 0 Å². The van der Waals surface area contributed by atoms with Crippen LogP contribution in [0.4, 0.5) is 0 Å². The molecule has 3 N–H and O–H groups in total. The summed E-state index contributed by atoms with van der Waals surface area (Å²) in [6, 6.07) is 9.46. The molecule has 0 saturated heterocycles. The quantitative estimate of drug-likeness (QED) is 0.617. The number of hydrogen-bond donors (Lipinski definition) is 2. The van der Waals surface area contributed by atoms with Crippen molar-refractivity contribution in [3.05, 3.63) is 35.4 Å². The summed E-state index contributed by atoms with van der Waals surface area (Å²) in [6.07, 6.45) is 6.46. The monoisotopic (exact) mass is 246 g/mol. The lowest BCUT2D eigenvalue weighted by atomic mass is 9.92. The lowest BCUT2D eigenvalue weighted by molar-refractivity contribution is 0.361. The van der Waals surface area contributed by atoms with E-state index in [0.717, 1.165) is 12.3 Å². The maximum atomic E-state index is 5.73. The standard InChI is InChI=1S/C16H26N2/c1-12(2)14-9-7-13(8-10-14)11-16(18-17)15-5-3-4-6-15/h7-10,12,15-16,18H,3-6,11,17H2,1-2H3. The average Bonchev–Trinajstić information content (AvgIpc) is 2.90. The molecular weight excluding hydrogens is 220 g/mol. The third-order valence-corrected chi connectivity index (χ3v) is 4.28. The van der Waals surface area contributed by atoms with Gasteiger partial charge in [0.25, 0.3) is 0 Å². The van der Waals surface area contributed by atoms with Gasteiger partial charge in [-0.15, -0.1) is 0 Å². The molecule has 1 saturated carbocycles. The third-order valence-electron chi connectivity index (χ3n) is 4.28. The summed E-state index contributed by atoms with van der Waals surface area (Å²) in [6.45, 7) is 4.47. The molecule has 18 heavy (non-hydrogen) atoms. The van der Waals surface area contributed by atoms with E-state index >= 15 is 0 Å². The van der Waals surface area contributed by atoms with Gasteiger partial charge in [-0.2, -0.15) is 0 Å². The molecule has 2 heteroatoms. The molecule has 1 fully saturated rings. The third kappa shape index (κ3) is 3.33. The molecule has 0 heterocycles. The summed E-state index contributed by atoms with van der Waals surface area (Å²) < 4.78 is 0. The fourth-order valence-corrected chi connectivity index (χ4v) is 3.01. The van der Waals surface area contributed by atoms with Crippen LogP contribution < -0.4 is 11.3 Å². The lowest BCUT2D eigenvalue weighted by Gasteiger charge is -2.22. The Kier molecular flexibility index (Phi) is 4.79. The molecular formula is C16H26N2. The molecule has 1 aromatic carbocycles. The fourth-order valence-electron chi connectivity index (χ4n) is 3.01. The van der Waals surface area contributed by atoms with E-state index in [9.17, 15) is 0 Å². The van der Waals surface area contributed by atoms with Gasteiger partial charge >= 0.3 is 0 Å². The Morgan fingerprint density at radius 3 is 2.28 bits per heavy atom. The van der Waals surface area contributed by atoms with Gasteiger partial charge in [0.15, 0.2) is 0 Å². The van der Waals surface area contributed by atoms with Crippen molar-refractivity contribution >= 4 is 0 Å². The first kappa shape index (κ1) is 13.6. The number of rotatable bonds is 5. The largest absolute Gasteiger partial charge is 0.271 e. The zero-order valence-electron chi connectivity index (χ0n) is 11.7. The first-order valence-corrected chi connectivity index (χ1v) is 7.25. The van der Waals surface area contributed by atoms with Crippen LogP contribution in [0, 0.1) is 5.92 Å². The summed E-state index contributed by atoms with van der Waals surface area (Å²) >= 11 is 0. The molecule has 1 aliphatic carbocycles. The van der Waals surface area contributed by atoms with Crippen molar-refractivity contribution in [1.82, 2.24) is 5.43 Å². The summed E-state index contributed by atoms with van der Waals surface area (Å²) in [5.41, 5.74) is 5.84. The van der Waals surface area contributed by atoms with E-state index in [0.29, 0.717) is 12.0 Å². The Labute approximate surface area is 111 Å². The van der Waals surface area contributed by atoms with Crippen LogP contribution >= 0.6 is 0 Å². The van der Waals surface area contributed by atoms with Crippen molar-refractivity contribution < 1.29 is 0 Å². The molecule has 0 spiro atoms. The lowest BCUT2D eigenvalue weighted by Crippen LogP contribution is -2.41. The van der Waals surface area contributed by atoms with Gasteiger partial charge in [0.05, 0.1) is 0 Å². The second kappa shape index (κ2) is 6.35. The highest BCUT2D eigenvalue weighted by molar-refractivity contribution is 5.25. The predicted octanol–water partition coefficient (Wildman–Crippen LogP) is 3.37. The zero-order chi connectivity index (χ0) is 13.0. The number of hydrogen-bond acceptors (Lipinski definition) is 2. The van der Waals surface area contributed by atoms with Crippen LogP contribution in [-0.4, -0.2) is 6.04 Å². The van der Waals surface area contributed by atoms with Crippen LogP contribution in [0.3, 0.4) is 0 Å². The molecule has 1 atom stereocenters. The molecule has 0 aromatic heterocycles. The minimum Gasteiger partial charge on any atom is -0.271 e. The average molecular weight is 246 g/mol. The van der Waals surface area contributed by atoms with Crippen molar-refractivity contribution in [2.75, 3.05) is 0 Å². The Hall–Kier alpha value is -0.860. The highest BCUT2D eigenvalue weighted by Crippen LogP contribution is 2.29. The Balaban J connectivity index is 1.98. The summed E-state index contributed by atoms with van der Waals surface area (Å²) in [4.78, 5) is 0. The normalized spacial score (nSPS) is 18.4. The Morgan fingerprint density at radius 1 is 1.17 bits per heavy atom. The minimum atomic E-state index is 0.442. The van der Waals surface area contributed by atoms with Crippen LogP contribution in [0.5, 0.6) is 0 Å². The van der Waals surface area contributed by atoms with Crippen LogP contribution in [0.15, 0.2) is 24.3 Å². The van der Waals surface area contributed by atoms with Gasteiger partial charge in [-0.3, -0.25) is 11.3 Å². The maximum absolute atomic E-state index is 5.73. The van der Waals surface area contributed by atoms with Gasteiger partial charge in [-0.05, 0) is 42.2 Å². The van der Waals surface area contributed by atoms with Crippen LogP contribution in [0.25, 0.3) is 0 Å². The van der Waals surface area contributed by atoms with E-state index in [1.54, 1.807) is 0 Å². The molecule has 1 aliphatic rings. The summed E-state index contributed by atoms with van der Waals surface area (Å²) in [5.74, 6) is 7.10. The molecule has 0 aliphatic heterocycles. The van der Waals surface area contributed by atoms with E-state index in [1.807, 2.05) is 0 Å². The minimum absolute atomic E-state index is 0.442. The summed E-state index contributed by atoms with van der Waals surface area (Å²) in [5, 5.41) is 0. The van der Waals surface area contributed by atoms with Crippen molar-refractivity contribution in [3.63, 3.8) is 0 Å². The highest BCUT2D eigenvalue weighted by Gasteiger charge is 2.24. The molecule has 2 rings (SSSR count). The number of hydrazine groups is 1. The van der Waals surface area contributed by atoms with Gasteiger partial charge in [0.2, 0.25) is 0 Å². The van der Waals surface area contributed by atoms with E-state index in [2.05, 4.69) is 43.5 Å². The van der Waals surface area contributed by atoms with E-state index < -0.39 is 0 Å². The molecule has 0 radical (unpaired) electrons. The number of benzene rings is 1. The highest BCUT2D eigenvalue weighted by atomic mass is 15.2. The SMILES string of the molecule is CC(C)c1ccc(CC(NN)C2CCCC2)cc1.